The number of carbonyl (C=O) groups excluding carboxylic acids is 2. The average Bonchev–Trinajstić information content (AvgIpc) is 3.07. The van der Waals surface area contributed by atoms with Crippen molar-refractivity contribution in [1.29, 1.82) is 0 Å². The first kappa shape index (κ1) is 20.3. The molecule has 0 aliphatic carbocycles. The summed E-state index contributed by atoms with van der Waals surface area (Å²) in [5.41, 5.74) is 2.44. The monoisotopic (exact) mass is 411 g/mol. The van der Waals surface area contributed by atoms with Gasteiger partial charge in [-0.1, -0.05) is 12.1 Å². The summed E-state index contributed by atoms with van der Waals surface area (Å²) in [6.07, 6.45) is 0. The van der Waals surface area contributed by atoms with Crippen LogP contribution in [0.2, 0.25) is 0 Å². The molecule has 3 N–H and O–H groups in total. The van der Waals surface area contributed by atoms with Crippen LogP contribution in [0.25, 0.3) is 11.4 Å². The fourth-order valence-corrected chi connectivity index (χ4v) is 2.93. The van der Waals surface area contributed by atoms with Gasteiger partial charge in [0.1, 0.15) is 12.3 Å². The predicted molar refractivity (Wildman–Crippen MR) is 112 cm³/mol. The smallest absolute Gasteiger partial charge is 0.240 e. The van der Waals surface area contributed by atoms with Gasteiger partial charge in [-0.25, -0.2) is 0 Å². The Morgan fingerprint density at radius 1 is 1.14 bits per heavy atom. The maximum atomic E-state index is 12.4. The molecule has 3 rings (SSSR count). The minimum atomic E-state index is -0.191. The van der Waals surface area contributed by atoms with E-state index in [1.54, 1.807) is 23.8 Å². The third kappa shape index (κ3) is 5.29. The van der Waals surface area contributed by atoms with Crippen molar-refractivity contribution in [1.82, 2.24) is 20.1 Å². The SMILES string of the molecule is COc1ccc(-c2n[nH]c(=S)n2CC(=O)NCc2ccc(NC(C)=O)cc2)cc1. The van der Waals surface area contributed by atoms with Gasteiger partial charge in [0.25, 0.3) is 0 Å². The quantitative estimate of drug-likeness (QED) is 0.519. The van der Waals surface area contributed by atoms with Gasteiger partial charge in [-0.2, -0.15) is 5.10 Å². The Hall–Kier alpha value is -3.46. The number of aromatic amines is 1. The zero-order valence-corrected chi connectivity index (χ0v) is 16.9. The molecule has 3 aromatic rings. The predicted octanol–water partition coefficient (Wildman–Crippen LogP) is 2.89. The molecular weight excluding hydrogens is 390 g/mol. The first-order chi connectivity index (χ1) is 14.0. The van der Waals surface area contributed by atoms with E-state index in [0.29, 0.717) is 22.8 Å². The second-order valence-corrected chi connectivity index (χ2v) is 6.71. The number of benzene rings is 2. The molecule has 0 aliphatic heterocycles. The lowest BCUT2D eigenvalue weighted by molar-refractivity contribution is -0.121. The molecule has 1 heterocycles. The highest BCUT2D eigenvalue weighted by Gasteiger charge is 2.12. The van der Waals surface area contributed by atoms with Crippen LogP contribution in [0.3, 0.4) is 0 Å². The topological polar surface area (TPSA) is 101 Å². The molecular formula is C20H21N5O3S. The normalized spacial score (nSPS) is 10.4. The molecule has 8 nitrogen and oxygen atoms in total. The first-order valence-electron chi connectivity index (χ1n) is 8.89. The van der Waals surface area contributed by atoms with Gasteiger partial charge in [-0.3, -0.25) is 19.3 Å². The molecule has 2 aromatic carbocycles. The van der Waals surface area contributed by atoms with Crippen molar-refractivity contribution in [2.75, 3.05) is 12.4 Å². The number of rotatable bonds is 7. The summed E-state index contributed by atoms with van der Waals surface area (Å²) in [7, 11) is 1.60. The molecule has 0 aliphatic rings. The lowest BCUT2D eigenvalue weighted by atomic mass is 10.2. The molecule has 0 radical (unpaired) electrons. The van der Waals surface area contributed by atoms with Crippen molar-refractivity contribution >= 4 is 29.7 Å². The second-order valence-electron chi connectivity index (χ2n) is 6.32. The highest BCUT2D eigenvalue weighted by atomic mass is 32.1. The number of anilines is 1. The molecule has 29 heavy (non-hydrogen) atoms. The lowest BCUT2D eigenvalue weighted by Gasteiger charge is -2.09. The number of hydrogen-bond acceptors (Lipinski definition) is 5. The zero-order chi connectivity index (χ0) is 20.8. The van der Waals surface area contributed by atoms with E-state index >= 15 is 0 Å². The summed E-state index contributed by atoms with van der Waals surface area (Å²) >= 11 is 5.27. The van der Waals surface area contributed by atoms with Crippen LogP contribution in [-0.4, -0.2) is 33.7 Å². The number of nitrogens with zero attached hydrogens (tertiary/aromatic N) is 2. The molecule has 0 fully saturated rings. The minimum Gasteiger partial charge on any atom is -0.497 e. The number of nitrogens with one attached hydrogen (secondary N) is 3. The van der Waals surface area contributed by atoms with E-state index in [1.807, 2.05) is 36.4 Å². The minimum absolute atomic E-state index is 0.0423. The van der Waals surface area contributed by atoms with E-state index < -0.39 is 0 Å². The summed E-state index contributed by atoms with van der Waals surface area (Å²) < 4.78 is 7.18. The number of methoxy groups -OCH3 is 1. The van der Waals surface area contributed by atoms with E-state index in [2.05, 4.69) is 20.8 Å². The molecule has 0 atom stereocenters. The lowest BCUT2D eigenvalue weighted by Crippen LogP contribution is -2.27. The van der Waals surface area contributed by atoms with Gasteiger partial charge in [-0.15, -0.1) is 0 Å². The van der Waals surface area contributed by atoms with Crippen molar-refractivity contribution in [3.05, 3.63) is 58.9 Å². The van der Waals surface area contributed by atoms with Crippen molar-refractivity contribution in [2.45, 2.75) is 20.0 Å². The summed E-state index contributed by atoms with van der Waals surface area (Å²) in [6, 6.07) is 14.6. The molecule has 0 saturated carbocycles. The first-order valence-corrected chi connectivity index (χ1v) is 9.30. The highest BCUT2D eigenvalue weighted by Crippen LogP contribution is 2.20. The standard InChI is InChI=1S/C20H21N5O3S/c1-13(26)22-16-7-3-14(4-8-16)11-21-18(27)12-25-19(23-24-20(25)29)15-5-9-17(28-2)10-6-15/h3-10H,11-12H2,1-2H3,(H,21,27)(H,22,26)(H,24,29). The molecule has 9 heteroatoms. The van der Waals surface area contributed by atoms with E-state index in [0.717, 1.165) is 16.9 Å². The average molecular weight is 411 g/mol. The highest BCUT2D eigenvalue weighted by molar-refractivity contribution is 7.71. The number of aromatic nitrogens is 3. The number of hydrogen-bond donors (Lipinski definition) is 3. The molecule has 0 spiro atoms. The number of ether oxygens (including phenoxy) is 1. The van der Waals surface area contributed by atoms with Crippen molar-refractivity contribution in [2.24, 2.45) is 0 Å². The van der Waals surface area contributed by atoms with Crippen LogP contribution in [0, 0.1) is 4.77 Å². The summed E-state index contributed by atoms with van der Waals surface area (Å²) in [5.74, 6) is 0.989. The van der Waals surface area contributed by atoms with Crippen molar-refractivity contribution in [3.8, 4) is 17.1 Å². The number of carbonyl (C=O) groups is 2. The number of H-pyrrole nitrogens is 1. The van der Waals surface area contributed by atoms with E-state index in [9.17, 15) is 9.59 Å². The van der Waals surface area contributed by atoms with E-state index in [-0.39, 0.29) is 18.4 Å². The third-order valence-corrected chi connectivity index (χ3v) is 4.48. The van der Waals surface area contributed by atoms with Crippen LogP contribution >= 0.6 is 12.2 Å². The Kier molecular flexibility index (Phi) is 6.40. The van der Waals surface area contributed by atoms with Crippen LogP contribution in [0.15, 0.2) is 48.5 Å². The van der Waals surface area contributed by atoms with Crippen LogP contribution < -0.4 is 15.4 Å². The molecule has 0 bridgehead atoms. The van der Waals surface area contributed by atoms with Gasteiger partial charge in [0.15, 0.2) is 10.6 Å². The van der Waals surface area contributed by atoms with Gasteiger partial charge < -0.3 is 15.4 Å². The fraction of sp³-hybridized carbons (Fsp3) is 0.200. The van der Waals surface area contributed by atoms with Crippen molar-refractivity contribution < 1.29 is 14.3 Å². The Bertz CT molecular complexity index is 1050. The van der Waals surface area contributed by atoms with Crippen molar-refractivity contribution in [3.63, 3.8) is 0 Å². The van der Waals surface area contributed by atoms with Crippen LogP contribution in [0.4, 0.5) is 5.69 Å². The van der Waals surface area contributed by atoms with Crippen LogP contribution in [0.5, 0.6) is 5.75 Å². The van der Waals surface area contributed by atoms with Gasteiger partial charge in [0, 0.05) is 24.7 Å². The second kappa shape index (κ2) is 9.16. The molecule has 0 saturated heterocycles. The summed E-state index contributed by atoms with van der Waals surface area (Å²) in [6.45, 7) is 1.86. The molecule has 150 valence electrons. The van der Waals surface area contributed by atoms with Crippen LogP contribution in [-0.2, 0) is 22.7 Å². The molecule has 2 amide bonds. The Labute approximate surface area is 172 Å². The van der Waals surface area contributed by atoms with E-state index in [4.69, 9.17) is 17.0 Å². The zero-order valence-electron chi connectivity index (χ0n) is 16.1. The summed E-state index contributed by atoms with van der Waals surface area (Å²) in [4.78, 5) is 23.5. The van der Waals surface area contributed by atoms with Gasteiger partial charge in [0.05, 0.1) is 7.11 Å². The Morgan fingerprint density at radius 2 is 1.83 bits per heavy atom. The third-order valence-electron chi connectivity index (χ3n) is 4.17. The van der Waals surface area contributed by atoms with Gasteiger partial charge in [0.2, 0.25) is 11.8 Å². The Balaban J connectivity index is 1.64. The maximum absolute atomic E-state index is 12.4. The summed E-state index contributed by atoms with van der Waals surface area (Å²) in [5, 5.41) is 12.5. The van der Waals surface area contributed by atoms with Crippen LogP contribution in [0.1, 0.15) is 12.5 Å². The Morgan fingerprint density at radius 3 is 2.45 bits per heavy atom. The maximum Gasteiger partial charge on any atom is 0.240 e. The fourth-order valence-electron chi connectivity index (χ4n) is 2.73. The molecule has 0 unspecified atom stereocenters. The largest absolute Gasteiger partial charge is 0.497 e. The number of amides is 2. The van der Waals surface area contributed by atoms with Gasteiger partial charge in [-0.05, 0) is 54.2 Å². The van der Waals surface area contributed by atoms with Gasteiger partial charge >= 0.3 is 0 Å². The molecule has 1 aromatic heterocycles. The van der Waals surface area contributed by atoms with E-state index in [1.165, 1.54) is 6.92 Å².